The van der Waals surface area contributed by atoms with E-state index in [2.05, 4.69) is 11.7 Å². The van der Waals surface area contributed by atoms with Crippen molar-refractivity contribution in [2.75, 3.05) is 7.11 Å². The van der Waals surface area contributed by atoms with Gasteiger partial charge in [-0.25, -0.2) is 9.18 Å². The third-order valence-electron chi connectivity index (χ3n) is 5.97. The van der Waals surface area contributed by atoms with Crippen LogP contribution >= 0.6 is 0 Å². The van der Waals surface area contributed by atoms with Gasteiger partial charge in [0.05, 0.1) is 19.3 Å². The number of alkyl halides is 1. The molecule has 0 aromatic heterocycles. The number of aliphatic hydroxyl groups is 2. The normalized spacial score (nSPS) is 27.0. The Balaban J connectivity index is 2.56. The van der Waals surface area contributed by atoms with Crippen molar-refractivity contribution in [3.63, 3.8) is 0 Å². The molecule has 0 aromatic carbocycles. The number of carbonyl (C=O) groups is 1. The molecule has 5 atom stereocenters. The monoisotopic (exact) mass is 398 g/mol. The number of ether oxygens (including phenoxy) is 1. The van der Waals surface area contributed by atoms with Gasteiger partial charge in [0.1, 0.15) is 6.17 Å². The van der Waals surface area contributed by atoms with E-state index in [0.29, 0.717) is 6.42 Å². The van der Waals surface area contributed by atoms with Crippen molar-refractivity contribution in [1.82, 2.24) is 0 Å². The topological polar surface area (TPSA) is 66.8 Å². The summed E-state index contributed by atoms with van der Waals surface area (Å²) in [7, 11) is 1.34. The highest BCUT2D eigenvalue weighted by atomic mass is 19.1. The highest BCUT2D eigenvalue weighted by Crippen LogP contribution is 2.39. The molecule has 1 saturated carbocycles. The number of unbranched alkanes of at least 4 members (excludes halogenated alkanes) is 3. The highest BCUT2D eigenvalue weighted by molar-refractivity contribution is 5.81. The predicted octanol–water partition coefficient (Wildman–Crippen LogP) is 4.74. The summed E-state index contributed by atoms with van der Waals surface area (Å²) < 4.78 is 18.9. The summed E-state index contributed by atoms with van der Waals surface area (Å²) in [5, 5.41) is 20.8. The fourth-order valence-corrected chi connectivity index (χ4v) is 3.90. The zero-order chi connectivity index (χ0) is 21.2. The van der Waals surface area contributed by atoms with E-state index in [0.717, 1.165) is 38.5 Å². The Morgan fingerprint density at radius 2 is 2.04 bits per heavy atom. The second-order valence-corrected chi connectivity index (χ2v) is 8.69. The molecule has 0 bridgehead atoms. The van der Waals surface area contributed by atoms with Gasteiger partial charge >= 0.3 is 5.97 Å². The van der Waals surface area contributed by atoms with E-state index in [4.69, 9.17) is 0 Å². The third kappa shape index (κ3) is 8.04. The molecule has 2 N–H and O–H groups in total. The summed E-state index contributed by atoms with van der Waals surface area (Å²) in [5.41, 5.74) is -0.230. The largest absolute Gasteiger partial charge is 0.466 e. The van der Waals surface area contributed by atoms with Crippen molar-refractivity contribution in [3.8, 4) is 0 Å². The summed E-state index contributed by atoms with van der Waals surface area (Å²) >= 11 is 0. The molecule has 0 amide bonds. The van der Waals surface area contributed by atoms with E-state index >= 15 is 0 Å². The van der Waals surface area contributed by atoms with Crippen molar-refractivity contribution in [2.24, 2.45) is 17.3 Å². The van der Waals surface area contributed by atoms with Gasteiger partial charge in [-0.15, -0.1) is 0 Å². The van der Waals surface area contributed by atoms with Gasteiger partial charge in [0.15, 0.2) is 0 Å². The zero-order valence-electron chi connectivity index (χ0n) is 17.9. The molecule has 162 valence electrons. The van der Waals surface area contributed by atoms with Gasteiger partial charge in [-0.2, -0.15) is 0 Å². The molecular formula is C23H39FO4. The molecule has 0 radical (unpaired) electrons. The zero-order valence-corrected chi connectivity index (χ0v) is 17.9. The molecular weight excluding hydrogens is 359 g/mol. The number of hydrogen-bond acceptors (Lipinski definition) is 4. The van der Waals surface area contributed by atoms with Gasteiger partial charge in [-0.3, -0.25) is 0 Å². The molecule has 1 aliphatic carbocycles. The fourth-order valence-electron chi connectivity index (χ4n) is 3.90. The Morgan fingerprint density at radius 3 is 2.68 bits per heavy atom. The molecule has 0 unspecified atom stereocenters. The molecule has 1 aliphatic rings. The van der Waals surface area contributed by atoms with Gasteiger partial charge in [0, 0.05) is 18.4 Å². The van der Waals surface area contributed by atoms with Gasteiger partial charge in [0.25, 0.3) is 0 Å². The molecule has 0 aromatic rings. The summed E-state index contributed by atoms with van der Waals surface area (Å²) in [6, 6.07) is 0. The van der Waals surface area contributed by atoms with Gasteiger partial charge in [0.2, 0.25) is 0 Å². The lowest BCUT2D eigenvalue weighted by Crippen LogP contribution is -2.28. The molecule has 4 nitrogen and oxygen atoms in total. The van der Waals surface area contributed by atoms with E-state index in [-0.39, 0.29) is 29.6 Å². The summed E-state index contributed by atoms with van der Waals surface area (Å²) in [4.78, 5) is 11.0. The molecule has 0 saturated heterocycles. The van der Waals surface area contributed by atoms with Crippen LogP contribution in [0.25, 0.3) is 0 Å². The SMILES string of the molecule is CCCCC(C)(C)[C@H](O)/C=C/[C@@H]1[C@@H](CCCC/C=C/C(=O)OC)[C@H](F)C[C@H]1O. The molecule has 5 heteroatoms. The first-order valence-corrected chi connectivity index (χ1v) is 10.7. The quantitative estimate of drug-likeness (QED) is 0.216. The van der Waals surface area contributed by atoms with Gasteiger partial charge in [-0.05, 0) is 37.0 Å². The van der Waals surface area contributed by atoms with Crippen LogP contribution in [0.4, 0.5) is 4.39 Å². The average Bonchev–Trinajstić information content (AvgIpc) is 2.93. The Hall–Kier alpha value is -1.20. The second-order valence-electron chi connectivity index (χ2n) is 8.69. The van der Waals surface area contributed by atoms with Crippen molar-refractivity contribution in [1.29, 1.82) is 0 Å². The van der Waals surface area contributed by atoms with Crippen molar-refractivity contribution in [3.05, 3.63) is 24.3 Å². The molecule has 0 heterocycles. The summed E-state index contributed by atoms with van der Waals surface area (Å²) in [6.45, 7) is 6.21. The van der Waals surface area contributed by atoms with E-state index < -0.39 is 18.4 Å². The molecule has 28 heavy (non-hydrogen) atoms. The van der Waals surface area contributed by atoms with Crippen LogP contribution in [0.5, 0.6) is 0 Å². The van der Waals surface area contributed by atoms with Crippen LogP contribution in [0, 0.1) is 17.3 Å². The van der Waals surface area contributed by atoms with Crippen LogP contribution in [0.1, 0.15) is 72.1 Å². The standard InChI is InChI=1S/C23H39FO4/c1-5-6-15-23(2,3)21(26)14-13-18-17(19(24)16-20(18)25)11-9-7-8-10-12-22(27)28-4/h10,12-14,17-21,25-26H,5-9,11,15-16H2,1-4H3/b12-10+,14-13+/t17-,18-,19-,20-,21-/m1/s1. The smallest absolute Gasteiger partial charge is 0.330 e. The van der Waals surface area contributed by atoms with E-state index in [1.54, 1.807) is 12.2 Å². The Morgan fingerprint density at radius 1 is 1.32 bits per heavy atom. The first-order valence-electron chi connectivity index (χ1n) is 10.7. The number of aliphatic hydroxyl groups excluding tert-OH is 2. The van der Waals surface area contributed by atoms with Crippen LogP contribution in [-0.2, 0) is 9.53 Å². The lowest BCUT2D eigenvalue weighted by Gasteiger charge is -2.29. The number of rotatable bonds is 12. The number of esters is 1. The Labute approximate surface area is 169 Å². The van der Waals surface area contributed by atoms with Gasteiger partial charge in [-0.1, -0.05) is 58.3 Å². The lowest BCUT2D eigenvalue weighted by molar-refractivity contribution is -0.134. The maximum absolute atomic E-state index is 14.4. The van der Waals surface area contributed by atoms with Crippen molar-refractivity contribution in [2.45, 2.75) is 90.5 Å². The maximum atomic E-state index is 14.4. The maximum Gasteiger partial charge on any atom is 0.330 e. The minimum absolute atomic E-state index is 0.164. The summed E-state index contributed by atoms with van der Waals surface area (Å²) in [6.07, 6.45) is 10.8. The van der Waals surface area contributed by atoms with Crippen LogP contribution in [0.15, 0.2) is 24.3 Å². The van der Waals surface area contributed by atoms with Crippen LogP contribution < -0.4 is 0 Å². The molecule has 1 rings (SSSR count). The fraction of sp³-hybridized carbons (Fsp3) is 0.783. The minimum Gasteiger partial charge on any atom is -0.466 e. The number of halogens is 1. The van der Waals surface area contributed by atoms with Crippen molar-refractivity contribution >= 4 is 5.97 Å². The molecule has 0 aliphatic heterocycles. The first kappa shape index (κ1) is 24.8. The lowest BCUT2D eigenvalue weighted by atomic mass is 9.80. The molecule has 1 fully saturated rings. The van der Waals surface area contributed by atoms with E-state index in [1.165, 1.54) is 13.2 Å². The van der Waals surface area contributed by atoms with E-state index in [1.807, 2.05) is 19.9 Å². The third-order valence-corrected chi connectivity index (χ3v) is 5.97. The second kappa shape index (κ2) is 12.4. The Bertz CT molecular complexity index is 515. The summed E-state index contributed by atoms with van der Waals surface area (Å²) in [5.74, 6) is -0.840. The van der Waals surface area contributed by atoms with Crippen LogP contribution in [0.3, 0.4) is 0 Å². The number of allylic oxidation sites excluding steroid dienone is 1. The molecule has 0 spiro atoms. The highest BCUT2D eigenvalue weighted by Gasteiger charge is 2.41. The van der Waals surface area contributed by atoms with Crippen LogP contribution in [-0.4, -0.2) is 41.7 Å². The first-order chi connectivity index (χ1) is 13.2. The van der Waals surface area contributed by atoms with E-state index in [9.17, 15) is 19.4 Å². The number of methoxy groups -OCH3 is 1. The minimum atomic E-state index is -1.01. The van der Waals surface area contributed by atoms with Crippen molar-refractivity contribution < 1.29 is 24.1 Å². The van der Waals surface area contributed by atoms with Gasteiger partial charge < -0.3 is 14.9 Å². The van der Waals surface area contributed by atoms with Crippen LogP contribution in [0.2, 0.25) is 0 Å². The predicted molar refractivity (Wildman–Crippen MR) is 111 cm³/mol. The number of hydrogen-bond donors (Lipinski definition) is 2. The average molecular weight is 399 g/mol. The Kier molecular flexibility index (Phi) is 11.0. The number of carbonyl (C=O) groups excluding carboxylic acids is 1.